The maximum Gasteiger partial charge on any atom is 0.119 e. The lowest BCUT2D eigenvalue weighted by atomic mass is 9.78. The number of alkyl halides is 1. The summed E-state index contributed by atoms with van der Waals surface area (Å²) in [5, 5.41) is 19.2. The van der Waals surface area contributed by atoms with E-state index >= 15 is 0 Å². The first-order valence-corrected chi connectivity index (χ1v) is 9.99. The van der Waals surface area contributed by atoms with E-state index in [4.69, 9.17) is 9.47 Å². The maximum atomic E-state index is 12.3. The lowest BCUT2D eigenvalue weighted by Crippen LogP contribution is -2.26. The average molecular weight is 403 g/mol. The molecule has 1 aliphatic rings. The van der Waals surface area contributed by atoms with Gasteiger partial charge in [0.25, 0.3) is 0 Å². The highest BCUT2D eigenvalue weighted by atomic mass is 19.1. The summed E-state index contributed by atoms with van der Waals surface area (Å²) in [5.74, 6) is 1.34. The minimum atomic E-state index is -1.10. The van der Waals surface area contributed by atoms with Crippen molar-refractivity contribution in [3.63, 3.8) is 0 Å². The van der Waals surface area contributed by atoms with Crippen molar-refractivity contribution in [3.05, 3.63) is 59.7 Å². The molecule has 5 nitrogen and oxygen atoms in total. The van der Waals surface area contributed by atoms with Gasteiger partial charge in [0.05, 0.1) is 0 Å². The van der Waals surface area contributed by atoms with Crippen LogP contribution in [0.5, 0.6) is 11.5 Å². The Morgan fingerprint density at radius 1 is 0.862 bits per heavy atom. The molecule has 1 fully saturated rings. The SMILES string of the molecule is CC(C)(c1ccc(OC[C@@H](O)CF)cc1)c1ccc(OC[C@H](O)CN2CC2)cc1. The minimum Gasteiger partial charge on any atom is -0.491 e. The van der Waals surface area contributed by atoms with Crippen molar-refractivity contribution < 1.29 is 24.1 Å². The standard InChI is InChI=1S/C23H30FNO4/c1-23(2,17-3-7-21(8-4-17)28-15-19(26)13-24)18-5-9-22(10-6-18)29-16-20(27)14-25-11-12-25/h3-10,19-20,26-27H,11-16H2,1-2H3/t19-,20+/m0/s1. The Hall–Kier alpha value is -2.15. The van der Waals surface area contributed by atoms with Crippen LogP contribution in [0.4, 0.5) is 4.39 Å². The normalized spacial score (nSPS) is 16.3. The molecule has 0 unspecified atom stereocenters. The molecule has 1 saturated heterocycles. The van der Waals surface area contributed by atoms with Gasteiger partial charge in [0.15, 0.2) is 0 Å². The van der Waals surface area contributed by atoms with Crippen molar-refractivity contribution >= 4 is 0 Å². The molecule has 0 aliphatic carbocycles. The van der Waals surface area contributed by atoms with E-state index in [9.17, 15) is 14.6 Å². The van der Waals surface area contributed by atoms with Crippen molar-refractivity contribution in [2.24, 2.45) is 0 Å². The second-order valence-electron chi connectivity index (χ2n) is 8.06. The van der Waals surface area contributed by atoms with Crippen molar-refractivity contribution in [1.82, 2.24) is 4.90 Å². The molecular weight excluding hydrogens is 373 g/mol. The van der Waals surface area contributed by atoms with Gasteiger partial charge in [-0.15, -0.1) is 0 Å². The number of hydrogen-bond acceptors (Lipinski definition) is 5. The molecule has 1 heterocycles. The van der Waals surface area contributed by atoms with Gasteiger partial charge >= 0.3 is 0 Å². The summed E-state index contributed by atoms with van der Waals surface area (Å²) in [4.78, 5) is 2.17. The average Bonchev–Trinajstić information content (AvgIpc) is 3.55. The number of hydrogen-bond donors (Lipinski definition) is 2. The van der Waals surface area contributed by atoms with Crippen LogP contribution in [-0.4, -0.2) is 66.8 Å². The number of ether oxygens (including phenoxy) is 2. The molecule has 29 heavy (non-hydrogen) atoms. The van der Waals surface area contributed by atoms with E-state index in [0.717, 1.165) is 30.0 Å². The Bertz CT molecular complexity index is 759. The Morgan fingerprint density at radius 3 is 1.72 bits per heavy atom. The molecule has 0 radical (unpaired) electrons. The molecular formula is C23H30FNO4. The summed E-state index contributed by atoms with van der Waals surface area (Å²) < 4.78 is 23.4. The molecule has 0 saturated carbocycles. The molecule has 0 bridgehead atoms. The molecule has 3 rings (SSSR count). The molecule has 0 spiro atoms. The number of aliphatic hydroxyl groups excluding tert-OH is 2. The molecule has 2 aromatic carbocycles. The van der Waals surface area contributed by atoms with Crippen LogP contribution in [0.25, 0.3) is 0 Å². The summed E-state index contributed by atoms with van der Waals surface area (Å²) in [6.07, 6.45) is -1.57. The molecule has 0 aromatic heterocycles. The smallest absolute Gasteiger partial charge is 0.119 e. The minimum absolute atomic E-state index is 0.0621. The molecule has 158 valence electrons. The van der Waals surface area contributed by atoms with Gasteiger partial charge in [-0.1, -0.05) is 38.1 Å². The van der Waals surface area contributed by atoms with Gasteiger partial charge in [-0.25, -0.2) is 4.39 Å². The topological polar surface area (TPSA) is 61.9 Å². The van der Waals surface area contributed by atoms with Gasteiger partial charge in [-0.05, 0) is 35.4 Å². The number of rotatable bonds is 11. The third kappa shape index (κ3) is 6.16. The fraction of sp³-hybridized carbons (Fsp3) is 0.478. The Kier molecular flexibility index (Phi) is 7.11. The number of β-amino-alcohol motifs (C(OH)–C–C–N with tert-alkyl or cyclic N) is 1. The molecule has 2 N–H and O–H groups in total. The van der Waals surface area contributed by atoms with E-state index in [0.29, 0.717) is 12.3 Å². The van der Waals surface area contributed by atoms with E-state index in [1.165, 1.54) is 0 Å². The van der Waals surface area contributed by atoms with Crippen LogP contribution < -0.4 is 9.47 Å². The Balaban J connectivity index is 1.57. The van der Waals surface area contributed by atoms with Gasteiger partial charge in [0, 0.05) is 25.0 Å². The van der Waals surface area contributed by atoms with Gasteiger partial charge in [0.2, 0.25) is 0 Å². The molecule has 2 aromatic rings. The lowest BCUT2D eigenvalue weighted by molar-refractivity contribution is 0.0842. The molecule has 6 heteroatoms. The van der Waals surface area contributed by atoms with Gasteiger partial charge in [-0.3, -0.25) is 4.90 Å². The van der Waals surface area contributed by atoms with E-state index in [1.807, 2.05) is 48.5 Å². The fourth-order valence-electron chi connectivity index (χ4n) is 3.14. The van der Waals surface area contributed by atoms with Crippen LogP contribution in [0.3, 0.4) is 0 Å². The van der Waals surface area contributed by atoms with Crippen molar-refractivity contribution in [2.45, 2.75) is 31.5 Å². The highest BCUT2D eigenvalue weighted by Gasteiger charge is 2.24. The van der Waals surface area contributed by atoms with Crippen LogP contribution in [-0.2, 0) is 5.41 Å². The van der Waals surface area contributed by atoms with Crippen molar-refractivity contribution in [1.29, 1.82) is 0 Å². The van der Waals surface area contributed by atoms with Gasteiger partial charge in [-0.2, -0.15) is 0 Å². The Labute approximate surface area is 171 Å². The lowest BCUT2D eigenvalue weighted by Gasteiger charge is -2.26. The first kappa shape index (κ1) is 21.6. The zero-order valence-electron chi connectivity index (χ0n) is 17.1. The second kappa shape index (κ2) is 9.57. The number of halogens is 1. The molecule has 2 atom stereocenters. The molecule has 0 amide bonds. The zero-order chi connectivity index (χ0) is 20.9. The monoisotopic (exact) mass is 403 g/mol. The quantitative estimate of drug-likeness (QED) is 0.565. The van der Waals surface area contributed by atoms with E-state index in [1.54, 1.807) is 0 Å². The Morgan fingerprint density at radius 2 is 1.31 bits per heavy atom. The zero-order valence-corrected chi connectivity index (χ0v) is 17.1. The first-order chi connectivity index (χ1) is 13.9. The summed E-state index contributed by atoms with van der Waals surface area (Å²) in [5.41, 5.74) is 2.02. The highest BCUT2D eigenvalue weighted by Crippen LogP contribution is 2.33. The van der Waals surface area contributed by atoms with Crippen molar-refractivity contribution in [3.8, 4) is 11.5 Å². The fourth-order valence-corrected chi connectivity index (χ4v) is 3.14. The van der Waals surface area contributed by atoms with E-state index in [2.05, 4.69) is 18.7 Å². The number of benzene rings is 2. The summed E-state index contributed by atoms with van der Waals surface area (Å²) in [6.45, 7) is 6.48. The maximum absolute atomic E-state index is 12.3. The third-order valence-corrected chi connectivity index (χ3v) is 5.22. The van der Waals surface area contributed by atoms with Crippen LogP contribution in [0.15, 0.2) is 48.5 Å². The van der Waals surface area contributed by atoms with E-state index in [-0.39, 0.29) is 18.6 Å². The summed E-state index contributed by atoms with van der Waals surface area (Å²) in [6, 6.07) is 15.5. The van der Waals surface area contributed by atoms with Crippen LogP contribution >= 0.6 is 0 Å². The predicted molar refractivity (Wildman–Crippen MR) is 110 cm³/mol. The van der Waals surface area contributed by atoms with Gasteiger partial charge in [0.1, 0.15) is 43.6 Å². The predicted octanol–water partition coefficient (Wildman–Crippen LogP) is 2.78. The summed E-state index contributed by atoms with van der Waals surface area (Å²) in [7, 11) is 0. The van der Waals surface area contributed by atoms with Crippen LogP contribution in [0.2, 0.25) is 0 Å². The molecule has 1 aliphatic heterocycles. The number of nitrogens with zero attached hydrogens (tertiary/aromatic N) is 1. The van der Waals surface area contributed by atoms with E-state index < -0.39 is 18.9 Å². The first-order valence-electron chi connectivity index (χ1n) is 9.99. The largest absolute Gasteiger partial charge is 0.491 e. The second-order valence-corrected chi connectivity index (χ2v) is 8.06. The van der Waals surface area contributed by atoms with Crippen LogP contribution in [0, 0.1) is 0 Å². The van der Waals surface area contributed by atoms with Gasteiger partial charge < -0.3 is 19.7 Å². The number of aliphatic hydroxyl groups is 2. The van der Waals surface area contributed by atoms with Crippen molar-refractivity contribution in [2.75, 3.05) is 39.5 Å². The highest BCUT2D eigenvalue weighted by molar-refractivity contribution is 5.41. The van der Waals surface area contributed by atoms with Crippen LogP contribution in [0.1, 0.15) is 25.0 Å². The summed E-state index contributed by atoms with van der Waals surface area (Å²) >= 11 is 0. The third-order valence-electron chi connectivity index (χ3n) is 5.22.